The average Bonchev–Trinajstić information content (AvgIpc) is 1.77. The Hall–Kier alpha value is -0.930. The highest BCUT2D eigenvalue weighted by Crippen LogP contribution is 1.79. The van der Waals surface area contributed by atoms with Gasteiger partial charge in [0.25, 0.3) is 0 Å². The number of hydrogen-bond acceptors (Lipinski definition) is 2. The van der Waals surface area contributed by atoms with E-state index in [-0.39, 0.29) is 5.06 Å². The molecule has 42 valence electrons. The third-order valence-electron chi connectivity index (χ3n) is 0.854. The summed E-state index contributed by atoms with van der Waals surface area (Å²) < 4.78 is 0. The molecule has 0 aromatic rings. The summed E-state index contributed by atoms with van der Waals surface area (Å²) in [6, 6.07) is 0. The number of hydroxylamine groups is 2. The molecule has 0 saturated heterocycles. The Balaban J connectivity index is 2.68. The monoisotopic (exact) mass is 110 g/mol. The van der Waals surface area contributed by atoms with Crippen molar-refractivity contribution in [2.75, 3.05) is 0 Å². The molecule has 0 aromatic heterocycles. The van der Waals surface area contributed by atoms with Crippen LogP contribution >= 0.6 is 0 Å². The predicted octanol–water partition coefficient (Wildman–Crippen LogP) is -0.570. The van der Waals surface area contributed by atoms with Crippen molar-refractivity contribution < 1.29 is 5.06 Å². The van der Waals surface area contributed by atoms with E-state index in [1.807, 2.05) is 0 Å². The fraction of sp³-hybridized carbons (Fsp3) is 0. The molecule has 0 aromatic carbocycles. The Labute approximate surface area is 47.0 Å². The summed E-state index contributed by atoms with van der Waals surface area (Å²) in [6.07, 6.45) is 5.70. The molecule has 1 aliphatic rings. The minimum absolute atomic E-state index is 0.0407. The van der Waals surface area contributed by atoms with E-state index in [1.54, 1.807) is 0 Å². The van der Waals surface area contributed by atoms with Gasteiger partial charge in [0, 0.05) is 12.2 Å². The molecule has 0 amide bonds. The van der Waals surface area contributed by atoms with E-state index in [0.29, 0.717) is 5.71 Å². The first-order chi connectivity index (χ1) is 3.79. The topological polar surface area (TPSA) is 51.4 Å². The minimum atomic E-state index is -0.0407. The average molecular weight is 110 g/mol. The van der Waals surface area contributed by atoms with E-state index >= 15 is 0 Å². The molecule has 0 radical (unpaired) electrons. The Kier molecular flexibility index (Phi) is 1.24. The van der Waals surface area contributed by atoms with Crippen molar-refractivity contribution in [3.05, 3.63) is 29.8 Å². The third-order valence-corrected chi connectivity index (χ3v) is 0.854. The van der Waals surface area contributed by atoms with Crippen molar-refractivity contribution in [1.82, 2.24) is 0 Å². The van der Waals surface area contributed by atoms with Crippen LogP contribution in [0.3, 0.4) is 0 Å². The van der Waals surface area contributed by atoms with Crippen LogP contribution in [0.1, 0.15) is 0 Å². The number of allylic oxidation sites excluding steroid dienone is 2. The van der Waals surface area contributed by atoms with Crippen molar-refractivity contribution in [2.45, 2.75) is 0 Å². The van der Waals surface area contributed by atoms with Crippen molar-refractivity contribution >= 4 is 5.71 Å². The molecular weight excluding hydrogens is 104 g/mol. The van der Waals surface area contributed by atoms with Gasteiger partial charge in [-0.15, -0.1) is 0 Å². The van der Waals surface area contributed by atoms with Gasteiger partial charge in [-0.1, -0.05) is 0 Å². The summed E-state index contributed by atoms with van der Waals surface area (Å²) in [6.45, 7) is 0. The van der Waals surface area contributed by atoms with Crippen LogP contribution in [0.4, 0.5) is 0 Å². The zero-order chi connectivity index (χ0) is 5.98. The van der Waals surface area contributed by atoms with Gasteiger partial charge in [0.05, 0.1) is 5.71 Å². The molecule has 0 atom stereocenters. The minimum Gasteiger partial charge on any atom is -0.624 e. The second-order valence-electron chi connectivity index (χ2n) is 1.52. The lowest BCUT2D eigenvalue weighted by molar-refractivity contribution is -0.730. The van der Waals surface area contributed by atoms with Gasteiger partial charge >= 0.3 is 0 Å². The maximum absolute atomic E-state index is 10.3. The first kappa shape index (κ1) is 5.21. The second-order valence-corrected chi connectivity index (χ2v) is 1.52. The molecule has 0 saturated carbocycles. The number of quaternary nitrogens is 1. The van der Waals surface area contributed by atoms with Crippen molar-refractivity contribution in [2.24, 2.45) is 0 Å². The molecule has 3 heteroatoms. The first-order valence-electron chi connectivity index (χ1n) is 2.28. The third kappa shape index (κ3) is 1.02. The summed E-state index contributed by atoms with van der Waals surface area (Å²) in [5, 5.41) is 17.3. The van der Waals surface area contributed by atoms with E-state index in [4.69, 9.17) is 5.41 Å². The molecule has 0 fully saturated rings. The van der Waals surface area contributed by atoms with Crippen molar-refractivity contribution in [3.63, 3.8) is 0 Å². The predicted molar refractivity (Wildman–Crippen MR) is 30.3 cm³/mol. The largest absolute Gasteiger partial charge is 0.624 e. The van der Waals surface area contributed by atoms with Gasteiger partial charge in [-0.2, -0.15) is 0 Å². The quantitative estimate of drug-likeness (QED) is 0.403. The standard InChI is InChI=1S/C5H6N2O/c6-5-1-3-7(8)4-2-5/h1-4,6-7H. The fourth-order valence-corrected chi connectivity index (χ4v) is 0.455. The van der Waals surface area contributed by atoms with Crippen LogP contribution in [0.15, 0.2) is 24.6 Å². The molecule has 0 spiro atoms. The molecule has 1 heterocycles. The molecule has 0 aliphatic carbocycles. The molecule has 1 rings (SSSR count). The summed E-state index contributed by atoms with van der Waals surface area (Å²) in [7, 11) is 0. The van der Waals surface area contributed by atoms with Crippen LogP contribution in [-0.4, -0.2) is 5.71 Å². The highest BCUT2D eigenvalue weighted by molar-refractivity contribution is 6.01. The second kappa shape index (κ2) is 1.90. The Morgan fingerprint density at radius 1 is 1.38 bits per heavy atom. The zero-order valence-electron chi connectivity index (χ0n) is 4.22. The fourth-order valence-electron chi connectivity index (χ4n) is 0.455. The number of nitrogens with one attached hydrogen (secondary N) is 2. The van der Waals surface area contributed by atoms with E-state index in [1.165, 1.54) is 24.6 Å². The lowest BCUT2D eigenvalue weighted by Gasteiger charge is -2.12. The molecule has 2 N–H and O–H groups in total. The van der Waals surface area contributed by atoms with Gasteiger partial charge in [0.15, 0.2) is 0 Å². The lowest BCUT2D eigenvalue weighted by Crippen LogP contribution is -2.97. The normalized spacial score (nSPS) is 26.6. The van der Waals surface area contributed by atoms with Gasteiger partial charge in [-0.05, 0) is 0 Å². The number of hydrogen-bond donors (Lipinski definition) is 2. The van der Waals surface area contributed by atoms with Crippen LogP contribution in [0.25, 0.3) is 0 Å². The van der Waals surface area contributed by atoms with Crippen molar-refractivity contribution in [3.8, 4) is 0 Å². The Morgan fingerprint density at radius 2 is 1.88 bits per heavy atom. The van der Waals surface area contributed by atoms with Crippen LogP contribution in [0.2, 0.25) is 0 Å². The molecule has 0 unspecified atom stereocenters. The summed E-state index contributed by atoms with van der Waals surface area (Å²) in [4.78, 5) is 0. The van der Waals surface area contributed by atoms with Crippen LogP contribution in [0, 0.1) is 10.6 Å². The van der Waals surface area contributed by atoms with Gasteiger partial charge < -0.3 is 15.7 Å². The summed E-state index contributed by atoms with van der Waals surface area (Å²) in [5.74, 6) is 0. The van der Waals surface area contributed by atoms with Crippen LogP contribution in [0.5, 0.6) is 0 Å². The van der Waals surface area contributed by atoms with Gasteiger partial charge in [-0.25, -0.2) is 0 Å². The SMILES string of the molecule is N=C1C=C[NH+]([O-])C=C1. The smallest absolute Gasteiger partial charge is 0.101 e. The zero-order valence-corrected chi connectivity index (χ0v) is 4.22. The highest BCUT2D eigenvalue weighted by Gasteiger charge is 1.92. The summed E-state index contributed by atoms with van der Waals surface area (Å²) in [5.41, 5.74) is 0.379. The number of rotatable bonds is 0. The maximum Gasteiger partial charge on any atom is 0.101 e. The van der Waals surface area contributed by atoms with Gasteiger partial charge in [0.1, 0.15) is 12.4 Å². The lowest BCUT2D eigenvalue weighted by atomic mass is 10.3. The molecule has 1 aliphatic heterocycles. The Morgan fingerprint density at radius 3 is 2.25 bits per heavy atom. The molecule has 3 nitrogen and oxygen atoms in total. The van der Waals surface area contributed by atoms with E-state index < -0.39 is 0 Å². The molecule has 0 bridgehead atoms. The highest BCUT2D eigenvalue weighted by atomic mass is 16.5. The molecular formula is C5H6N2O. The van der Waals surface area contributed by atoms with Gasteiger partial charge in [0.2, 0.25) is 0 Å². The summed E-state index contributed by atoms with van der Waals surface area (Å²) >= 11 is 0. The van der Waals surface area contributed by atoms with E-state index in [2.05, 4.69) is 0 Å². The van der Waals surface area contributed by atoms with Gasteiger partial charge in [-0.3, -0.25) is 0 Å². The maximum atomic E-state index is 10.3. The van der Waals surface area contributed by atoms with E-state index in [0.717, 1.165) is 0 Å². The van der Waals surface area contributed by atoms with Crippen LogP contribution < -0.4 is 5.06 Å². The molecule has 8 heavy (non-hydrogen) atoms. The first-order valence-corrected chi connectivity index (χ1v) is 2.28. The van der Waals surface area contributed by atoms with E-state index in [9.17, 15) is 5.21 Å². The van der Waals surface area contributed by atoms with Crippen LogP contribution in [-0.2, 0) is 0 Å². The van der Waals surface area contributed by atoms with Crippen molar-refractivity contribution in [1.29, 1.82) is 5.41 Å². The Bertz CT molecular complexity index is 144.